The quantitative estimate of drug-likeness (QED) is 0.439. The Bertz CT molecular complexity index is 1240. The maximum atomic E-state index is 13.3. The highest BCUT2D eigenvalue weighted by Gasteiger charge is 2.32. The average molecular weight is 487 g/mol. The number of carboxylic acid groups (broad SMARTS) is 1. The van der Waals surface area contributed by atoms with Crippen LogP contribution in [0.1, 0.15) is 64.6 Å². The zero-order valence-corrected chi connectivity index (χ0v) is 20.8. The van der Waals surface area contributed by atoms with Gasteiger partial charge in [0, 0.05) is 41.5 Å². The molecule has 5 rings (SSSR count). The third-order valence-electron chi connectivity index (χ3n) is 7.41. The van der Waals surface area contributed by atoms with Crippen LogP contribution >= 0.6 is 11.3 Å². The Kier molecular flexibility index (Phi) is 6.82. The molecule has 5 nitrogen and oxygen atoms in total. The first-order chi connectivity index (χ1) is 17.0. The number of carboxylic acids is 1. The zero-order chi connectivity index (χ0) is 24.4. The van der Waals surface area contributed by atoms with Crippen LogP contribution in [0.2, 0.25) is 0 Å². The Morgan fingerprint density at radius 2 is 1.74 bits per heavy atom. The number of hydrogen-bond donors (Lipinski definition) is 1. The van der Waals surface area contributed by atoms with Crippen LogP contribution in [-0.2, 0) is 0 Å². The fraction of sp³-hybridized carbons (Fsp3) is 0.345. The van der Waals surface area contributed by atoms with Crippen molar-refractivity contribution in [3.8, 4) is 10.4 Å². The van der Waals surface area contributed by atoms with Crippen molar-refractivity contribution >= 4 is 28.8 Å². The molecular formula is C29H30N2O3S. The molecule has 1 aromatic carbocycles. The first kappa shape index (κ1) is 23.5. The third kappa shape index (κ3) is 4.94. The first-order valence-electron chi connectivity index (χ1n) is 12.4. The number of benzene rings is 1. The van der Waals surface area contributed by atoms with Crippen LogP contribution in [0.5, 0.6) is 0 Å². The van der Waals surface area contributed by atoms with Gasteiger partial charge >= 0.3 is 5.97 Å². The maximum Gasteiger partial charge on any atom is 0.346 e. The molecule has 2 aliphatic rings. The smallest absolute Gasteiger partial charge is 0.346 e. The minimum atomic E-state index is -0.883. The lowest BCUT2D eigenvalue weighted by molar-refractivity contribution is 0.0699. The number of hydrogen-bond acceptors (Lipinski definition) is 4. The van der Waals surface area contributed by atoms with Gasteiger partial charge in [-0.05, 0) is 66.0 Å². The van der Waals surface area contributed by atoms with Crippen LogP contribution in [0.25, 0.3) is 16.0 Å². The van der Waals surface area contributed by atoms with E-state index < -0.39 is 5.97 Å². The zero-order valence-electron chi connectivity index (χ0n) is 19.9. The van der Waals surface area contributed by atoms with Gasteiger partial charge in [0.05, 0.1) is 0 Å². The van der Waals surface area contributed by atoms with Crippen molar-refractivity contribution in [3.63, 3.8) is 0 Å². The number of rotatable bonds is 5. The van der Waals surface area contributed by atoms with Gasteiger partial charge in [0.25, 0.3) is 5.91 Å². The van der Waals surface area contributed by atoms with Gasteiger partial charge in [0.15, 0.2) is 0 Å². The Morgan fingerprint density at radius 3 is 2.43 bits per heavy atom. The predicted octanol–water partition coefficient (Wildman–Crippen LogP) is 6.63. The molecule has 0 radical (unpaired) electrons. The van der Waals surface area contributed by atoms with Crippen molar-refractivity contribution in [1.82, 2.24) is 9.88 Å². The number of pyridine rings is 1. The number of carbonyl (C=O) groups excluding carboxylic acids is 1. The number of aromatic nitrogens is 1. The van der Waals surface area contributed by atoms with E-state index in [1.165, 1.54) is 29.8 Å². The van der Waals surface area contributed by atoms with E-state index in [1.807, 2.05) is 35.2 Å². The van der Waals surface area contributed by atoms with Gasteiger partial charge in [0.1, 0.15) is 4.88 Å². The maximum absolute atomic E-state index is 13.3. The highest BCUT2D eigenvalue weighted by atomic mass is 32.1. The van der Waals surface area contributed by atoms with Crippen molar-refractivity contribution in [2.45, 2.75) is 39.0 Å². The summed E-state index contributed by atoms with van der Waals surface area (Å²) in [6.45, 7) is 3.45. The SMILES string of the molecule is CC1CCC(C2=C(c3cc(-c4ccccc4)sc3C(=O)O)CCN(C(=O)c3ccncc3)C2)CC1. The number of amides is 1. The lowest BCUT2D eigenvalue weighted by Gasteiger charge is -2.37. The Hall–Kier alpha value is -3.25. The van der Waals surface area contributed by atoms with Gasteiger partial charge in [-0.15, -0.1) is 11.3 Å². The van der Waals surface area contributed by atoms with E-state index in [0.29, 0.717) is 41.8 Å². The van der Waals surface area contributed by atoms with E-state index >= 15 is 0 Å². The summed E-state index contributed by atoms with van der Waals surface area (Å²) in [5, 5.41) is 10.1. The second kappa shape index (κ2) is 10.2. The second-order valence-corrected chi connectivity index (χ2v) is 10.8. The fourth-order valence-corrected chi connectivity index (χ4v) is 6.48. The van der Waals surface area contributed by atoms with Crippen LogP contribution in [0.3, 0.4) is 0 Å². The molecule has 0 bridgehead atoms. The first-order valence-corrected chi connectivity index (χ1v) is 13.2. The van der Waals surface area contributed by atoms with Gasteiger partial charge in [-0.1, -0.05) is 50.1 Å². The molecule has 1 aliphatic heterocycles. The van der Waals surface area contributed by atoms with Crippen molar-refractivity contribution in [1.29, 1.82) is 0 Å². The van der Waals surface area contributed by atoms with Gasteiger partial charge < -0.3 is 10.0 Å². The molecule has 0 saturated heterocycles. The van der Waals surface area contributed by atoms with Crippen molar-refractivity contribution in [3.05, 3.63) is 82.5 Å². The van der Waals surface area contributed by atoms with E-state index in [1.54, 1.807) is 24.5 Å². The molecule has 1 amide bonds. The van der Waals surface area contributed by atoms with Crippen LogP contribution in [0, 0.1) is 11.8 Å². The minimum absolute atomic E-state index is 0.0156. The minimum Gasteiger partial charge on any atom is -0.477 e. The summed E-state index contributed by atoms with van der Waals surface area (Å²) >= 11 is 1.35. The molecule has 3 aromatic rings. The molecular weight excluding hydrogens is 456 g/mol. The summed E-state index contributed by atoms with van der Waals surface area (Å²) in [4.78, 5) is 32.9. The number of nitrogens with zero attached hydrogens (tertiary/aromatic N) is 2. The summed E-state index contributed by atoms with van der Waals surface area (Å²) < 4.78 is 0. The molecule has 2 aromatic heterocycles. The van der Waals surface area contributed by atoms with Crippen molar-refractivity contribution in [2.24, 2.45) is 11.8 Å². The Labute approximate surface area is 210 Å². The van der Waals surface area contributed by atoms with E-state index in [9.17, 15) is 14.7 Å². The van der Waals surface area contributed by atoms with E-state index in [-0.39, 0.29) is 5.91 Å². The highest BCUT2D eigenvalue weighted by molar-refractivity contribution is 7.17. The number of carbonyl (C=O) groups is 2. The average Bonchev–Trinajstić information content (AvgIpc) is 3.35. The summed E-state index contributed by atoms with van der Waals surface area (Å²) in [5.74, 6) is 0.235. The molecule has 6 heteroatoms. The molecule has 1 aliphatic carbocycles. The molecule has 1 N–H and O–H groups in total. The number of thiophene rings is 1. The Balaban J connectivity index is 1.56. The molecule has 0 atom stereocenters. The monoisotopic (exact) mass is 486 g/mol. The number of aromatic carboxylic acids is 1. The van der Waals surface area contributed by atoms with E-state index in [2.05, 4.69) is 18.0 Å². The summed E-state index contributed by atoms with van der Waals surface area (Å²) in [7, 11) is 0. The van der Waals surface area contributed by atoms with Crippen molar-refractivity contribution in [2.75, 3.05) is 13.1 Å². The van der Waals surface area contributed by atoms with E-state index in [4.69, 9.17) is 0 Å². The van der Waals surface area contributed by atoms with Gasteiger partial charge in [-0.3, -0.25) is 9.78 Å². The lowest BCUT2D eigenvalue weighted by Crippen LogP contribution is -2.39. The van der Waals surface area contributed by atoms with Crippen LogP contribution in [0.4, 0.5) is 0 Å². The molecule has 0 unspecified atom stereocenters. The molecule has 35 heavy (non-hydrogen) atoms. The molecule has 1 fully saturated rings. The van der Waals surface area contributed by atoms with E-state index in [0.717, 1.165) is 34.4 Å². The predicted molar refractivity (Wildman–Crippen MR) is 140 cm³/mol. The summed E-state index contributed by atoms with van der Waals surface area (Å²) in [6, 6.07) is 15.6. The van der Waals surface area contributed by atoms with Crippen LogP contribution < -0.4 is 0 Å². The van der Waals surface area contributed by atoms with Gasteiger partial charge in [-0.2, -0.15) is 0 Å². The van der Waals surface area contributed by atoms with Gasteiger partial charge in [-0.25, -0.2) is 4.79 Å². The topological polar surface area (TPSA) is 70.5 Å². The fourth-order valence-electron chi connectivity index (χ4n) is 5.45. The largest absolute Gasteiger partial charge is 0.477 e. The summed E-state index contributed by atoms with van der Waals surface area (Å²) in [5.41, 5.74) is 4.91. The molecule has 3 heterocycles. The van der Waals surface area contributed by atoms with Crippen molar-refractivity contribution < 1.29 is 14.7 Å². The van der Waals surface area contributed by atoms with Crippen LogP contribution in [-0.4, -0.2) is 40.0 Å². The second-order valence-electron chi connectivity index (χ2n) is 9.70. The lowest BCUT2D eigenvalue weighted by atomic mass is 9.75. The van der Waals surface area contributed by atoms with Gasteiger partial charge in [0.2, 0.25) is 0 Å². The third-order valence-corrected chi connectivity index (χ3v) is 8.59. The molecule has 180 valence electrons. The molecule has 0 spiro atoms. The van der Waals surface area contributed by atoms with Crippen LogP contribution in [0.15, 0.2) is 66.5 Å². The molecule has 1 saturated carbocycles. The Morgan fingerprint density at radius 1 is 1.03 bits per heavy atom. The summed E-state index contributed by atoms with van der Waals surface area (Å²) in [6.07, 6.45) is 8.50. The highest BCUT2D eigenvalue weighted by Crippen LogP contribution is 2.43. The standard InChI is InChI=1S/C29H30N2O3S/c1-19-7-9-20(10-8-19)25-18-31(28(32)22-11-14-30-15-12-22)16-13-23(25)24-17-26(35-27(24)29(33)34)21-5-3-2-4-6-21/h2-6,11-12,14-15,17,19-20H,7-10,13,16,18H2,1H3,(H,33,34). The normalized spacial score (nSPS) is 20.7.